The van der Waals surface area contributed by atoms with E-state index in [9.17, 15) is 0 Å². The number of hydrogen-bond acceptors (Lipinski definition) is 0. The molecule has 0 aliphatic rings. The van der Waals surface area contributed by atoms with Gasteiger partial charge in [0.15, 0.2) is 0 Å². The second-order valence-corrected chi connectivity index (χ2v) is 4.53. The Balaban J connectivity index is 2.32. The molecule has 1 nitrogen and oxygen atoms in total. The molecule has 1 N–H and O–H groups in total. The Bertz CT molecular complexity index is 233. The molecule has 0 spiro atoms. The smallest absolute Gasteiger partial charge is 0.0223 e. The third kappa shape index (κ3) is 4.94. The molecule has 0 unspecified atom stereocenters. The topological polar surface area (TPSA) is 15.8 Å². The van der Waals surface area contributed by atoms with Crippen molar-refractivity contribution in [3.63, 3.8) is 0 Å². The number of unbranched alkanes of at least 4 members (excludes halogenated alkanes) is 2. The fourth-order valence-corrected chi connectivity index (χ4v) is 2.09. The fourth-order valence-electron chi connectivity index (χ4n) is 1.71. The second kappa shape index (κ2) is 8.06. The van der Waals surface area contributed by atoms with Crippen molar-refractivity contribution in [2.24, 2.45) is 0 Å². The van der Waals surface area contributed by atoms with Crippen molar-refractivity contribution in [2.45, 2.75) is 38.5 Å². The highest BCUT2D eigenvalue weighted by Crippen LogP contribution is 2.13. The van der Waals surface area contributed by atoms with Crippen molar-refractivity contribution in [1.82, 2.24) is 4.98 Å². The van der Waals surface area contributed by atoms with Gasteiger partial charge in [-0.05, 0) is 50.2 Å². The number of aromatic amines is 1. The highest BCUT2D eigenvalue weighted by molar-refractivity contribution is 6.18. The van der Waals surface area contributed by atoms with Gasteiger partial charge in [0.1, 0.15) is 0 Å². The number of aryl methyl sites for hydroxylation is 2. The van der Waals surface area contributed by atoms with Crippen LogP contribution in [-0.2, 0) is 12.8 Å². The SMILES string of the molecule is ClCCCCc1cc[nH]c1CCCCCl. The van der Waals surface area contributed by atoms with Gasteiger partial charge in [-0.2, -0.15) is 0 Å². The van der Waals surface area contributed by atoms with Crippen molar-refractivity contribution in [2.75, 3.05) is 11.8 Å². The second-order valence-electron chi connectivity index (χ2n) is 3.77. The summed E-state index contributed by atoms with van der Waals surface area (Å²) in [5, 5.41) is 0. The lowest BCUT2D eigenvalue weighted by Crippen LogP contribution is -1.93. The maximum atomic E-state index is 5.66. The summed E-state index contributed by atoms with van der Waals surface area (Å²) in [7, 11) is 0. The fraction of sp³-hybridized carbons (Fsp3) is 0.667. The molecule has 1 rings (SSSR count). The zero-order valence-corrected chi connectivity index (χ0v) is 10.6. The Hall–Kier alpha value is -0.140. The van der Waals surface area contributed by atoms with E-state index in [0.717, 1.165) is 37.4 Å². The molecular formula is C12H19Cl2N. The van der Waals surface area contributed by atoms with Crippen LogP contribution in [0.1, 0.15) is 36.9 Å². The Morgan fingerprint density at radius 3 is 2.27 bits per heavy atom. The van der Waals surface area contributed by atoms with E-state index in [1.165, 1.54) is 24.1 Å². The van der Waals surface area contributed by atoms with Gasteiger partial charge in [-0.25, -0.2) is 0 Å². The molecule has 1 heterocycles. The quantitative estimate of drug-likeness (QED) is 0.525. The lowest BCUT2D eigenvalue weighted by Gasteiger charge is -2.03. The third-order valence-electron chi connectivity index (χ3n) is 2.57. The molecule has 0 aliphatic heterocycles. The zero-order valence-electron chi connectivity index (χ0n) is 9.07. The number of alkyl halides is 2. The lowest BCUT2D eigenvalue weighted by molar-refractivity contribution is 0.753. The van der Waals surface area contributed by atoms with E-state index in [1.807, 2.05) is 6.20 Å². The highest BCUT2D eigenvalue weighted by atomic mass is 35.5. The van der Waals surface area contributed by atoms with Crippen LogP contribution in [0.5, 0.6) is 0 Å². The van der Waals surface area contributed by atoms with Crippen LogP contribution in [0.15, 0.2) is 12.3 Å². The first-order chi connectivity index (χ1) is 7.38. The van der Waals surface area contributed by atoms with Gasteiger partial charge in [-0.3, -0.25) is 0 Å². The molecule has 0 radical (unpaired) electrons. The summed E-state index contributed by atoms with van der Waals surface area (Å²) in [6.45, 7) is 0. The molecular weight excluding hydrogens is 229 g/mol. The monoisotopic (exact) mass is 247 g/mol. The number of rotatable bonds is 8. The lowest BCUT2D eigenvalue weighted by atomic mass is 10.1. The highest BCUT2D eigenvalue weighted by Gasteiger charge is 2.02. The predicted octanol–water partition coefficient (Wildman–Crippen LogP) is 4.14. The summed E-state index contributed by atoms with van der Waals surface area (Å²) >= 11 is 11.3. The Labute approximate surface area is 102 Å². The summed E-state index contributed by atoms with van der Waals surface area (Å²) in [6.07, 6.45) is 8.86. The first-order valence-corrected chi connectivity index (χ1v) is 6.72. The van der Waals surface area contributed by atoms with Crippen LogP contribution in [-0.4, -0.2) is 16.7 Å². The van der Waals surface area contributed by atoms with Crippen LogP contribution in [0, 0.1) is 0 Å². The van der Waals surface area contributed by atoms with Gasteiger partial charge in [0, 0.05) is 23.7 Å². The molecule has 15 heavy (non-hydrogen) atoms. The standard InChI is InChI=1S/C12H19Cl2N/c13-8-3-1-5-11-7-10-15-12(11)6-2-4-9-14/h7,10,15H,1-6,8-9H2. The van der Waals surface area contributed by atoms with Crippen LogP contribution in [0.2, 0.25) is 0 Å². The van der Waals surface area contributed by atoms with E-state index in [-0.39, 0.29) is 0 Å². The normalized spacial score (nSPS) is 10.8. The number of halogens is 2. The maximum absolute atomic E-state index is 5.66. The van der Waals surface area contributed by atoms with Crippen molar-refractivity contribution >= 4 is 23.2 Å². The molecule has 0 aliphatic carbocycles. The van der Waals surface area contributed by atoms with Crippen LogP contribution >= 0.6 is 23.2 Å². The van der Waals surface area contributed by atoms with Crippen molar-refractivity contribution in [3.8, 4) is 0 Å². The van der Waals surface area contributed by atoms with Gasteiger partial charge in [0.2, 0.25) is 0 Å². The van der Waals surface area contributed by atoms with E-state index in [0.29, 0.717) is 0 Å². The van der Waals surface area contributed by atoms with Gasteiger partial charge in [-0.15, -0.1) is 23.2 Å². The summed E-state index contributed by atoms with van der Waals surface area (Å²) < 4.78 is 0. The van der Waals surface area contributed by atoms with Crippen LogP contribution in [0.4, 0.5) is 0 Å². The molecule has 0 aromatic carbocycles. The van der Waals surface area contributed by atoms with Gasteiger partial charge < -0.3 is 4.98 Å². The molecule has 0 saturated heterocycles. The molecule has 0 fully saturated rings. The van der Waals surface area contributed by atoms with Crippen molar-refractivity contribution < 1.29 is 0 Å². The Kier molecular flexibility index (Phi) is 6.95. The van der Waals surface area contributed by atoms with E-state index < -0.39 is 0 Å². The average molecular weight is 248 g/mol. The van der Waals surface area contributed by atoms with Crippen molar-refractivity contribution in [3.05, 3.63) is 23.5 Å². The number of aromatic nitrogens is 1. The van der Waals surface area contributed by atoms with E-state index in [1.54, 1.807) is 0 Å². The molecule has 3 heteroatoms. The van der Waals surface area contributed by atoms with Gasteiger partial charge in [0.25, 0.3) is 0 Å². The summed E-state index contributed by atoms with van der Waals surface area (Å²) in [6, 6.07) is 2.18. The van der Waals surface area contributed by atoms with Crippen molar-refractivity contribution in [1.29, 1.82) is 0 Å². The Morgan fingerprint density at radius 2 is 1.60 bits per heavy atom. The summed E-state index contributed by atoms with van der Waals surface area (Å²) in [4.78, 5) is 3.32. The maximum Gasteiger partial charge on any atom is 0.0223 e. The predicted molar refractivity (Wildman–Crippen MR) is 68.1 cm³/mol. The first kappa shape index (κ1) is 12.9. The molecule has 1 aromatic rings. The number of hydrogen-bond donors (Lipinski definition) is 1. The first-order valence-electron chi connectivity index (χ1n) is 5.65. The molecule has 86 valence electrons. The van der Waals surface area contributed by atoms with E-state index in [2.05, 4.69) is 11.1 Å². The van der Waals surface area contributed by atoms with Gasteiger partial charge in [-0.1, -0.05) is 0 Å². The molecule has 0 bridgehead atoms. The van der Waals surface area contributed by atoms with Crippen LogP contribution < -0.4 is 0 Å². The van der Waals surface area contributed by atoms with Gasteiger partial charge in [0.05, 0.1) is 0 Å². The largest absolute Gasteiger partial charge is 0.365 e. The molecule has 0 amide bonds. The number of nitrogens with one attached hydrogen (secondary N) is 1. The van der Waals surface area contributed by atoms with E-state index >= 15 is 0 Å². The number of H-pyrrole nitrogens is 1. The minimum absolute atomic E-state index is 0.766. The third-order valence-corrected chi connectivity index (χ3v) is 3.10. The van der Waals surface area contributed by atoms with Crippen LogP contribution in [0.25, 0.3) is 0 Å². The minimum Gasteiger partial charge on any atom is -0.365 e. The van der Waals surface area contributed by atoms with Gasteiger partial charge >= 0.3 is 0 Å². The molecule has 0 atom stereocenters. The Morgan fingerprint density at radius 1 is 0.933 bits per heavy atom. The summed E-state index contributed by atoms with van der Waals surface area (Å²) in [5.41, 5.74) is 2.84. The molecule has 0 saturated carbocycles. The van der Waals surface area contributed by atoms with E-state index in [4.69, 9.17) is 23.2 Å². The summed E-state index contributed by atoms with van der Waals surface area (Å²) in [5.74, 6) is 1.54. The zero-order chi connectivity index (χ0) is 10.9. The average Bonchev–Trinajstić information content (AvgIpc) is 2.67. The molecule has 1 aromatic heterocycles. The van der Waals surface area contributed by atoms with Crippen LogP contribution in [0.3, 0.4) is 0 Å². The minimum atomic E-state index is 0.766.